The summed E-state index contributed by atoms with van der Waals surface area (Å²) >= 11 is 1.62. The van der Waals surface area contributed by atoms with Crippen LogP contribution in [0.15, 0.2) is 52.4 Å². The largest absolute Gasteiger partial charge is 0.507 e. The van der Waals surface area contributed by atoms with Crippen LogP contribution in [-0.2, 0) is 13.0 Å². The Balaban J connectivity index is 1.37. The van der Waals surface area contributed by atoms with Crippen molar-refractivity contribution < 1.29 is 14.4 Å². The van der Waals surface area contributed by atoms with Crippen molar-refractivity contribution in [2.75, 3.05) is 0 Å². The van der Waals surface area contributed by atoms with Crippen molar-refractivity contribution in [2.45, 2.75) is 13.0 Å². The highest BCUT2D eigenvalue weighted by Crippen LogP contribution is 2.27. The van der Waals surface area contributed by atoms with Gasteiger partial charge in [0, 0.05) is 10.4 Å². The number of nitrogens with zero attached hydrogens (tertiary/aromatic N) is 3. The number of benzene rings is 1. The predicted molar refractivity (Wildman–Crippen MR) is 98.3 cm³/mol. The highest BCUT2D eigenvalue weighted by molar-refractivity contribution is 7.09. The minimum atomic E-state index is -0.353. The van der Waals surface area contributed by atoms with Crippen LogP contribution in [0.25, 0.3) is 11.3 Å². The minimum absolute atomic E-state index is 0.0982. The van der Waals surface area contributed by atoms with Gasteiger partial charge in [-0.15, -0.1) is 11.3 Å². The quantitative estimate of drug-likeness (QED) is 0.473. The molecule has 1 aromatic carbocycles. The molecule has 0 aliphatic carbocycles. The van der Waals surface area contributed by atoms with Gasteiger partial charge in [0.15, 0.2) is 5.82 Å². The Morgan fingerprint density at radius 2 is 2.15 bits per heavy atom. The maximum atomic E-state index is 12.3. The van der Waals surface area contributed by atoms with Crippen LogP contribution in [0, 0.1) is 0 Å². The highest BCUT2D eigenvalue weighted by Gasteiger charge is 2.14. The first kappa shape index (κ1) is 17.0. The van der Waals surface area contributed by atoms with Crippen LogP contribution in [0.4, 0.5) is 0 Å². The molecule has 0 aliphatic rings. The number of para-hydroxylation sites is 1. The molecule has 3 heterocycles. The minimum Gasteiger partial charge on any atom is -0.507 e. The number of carbonyl (C=O) groups excluding carboxylic acids is 1. The molecule has 0 saturated carbocycles. The van der Waals surface area contributed by atoms with Gasteiger partial charge in [-0.3, -0.25) is 9.89 Å². The van der Waals surface area contributed by atoms with E-state index < -0.39 is 0 Å². The van der Waals surface area contributed by atoms with Gasteiger partial charge < -0.3 is 14.9 Å². The van der Waals surface area contributed by atoms with Gasteiger partial charge in [-0.25, -0.2) is 0 Å². The van der Waals surface area contributed by atoms with Gasteiger partial charge in [0.05, 0.1) is 18.7 Å². The van der Waals surface area contributed by atoms with Gasteiger partial charge in [0.1, 0.15) is 11.4 Å². The molecule has 3 N–H and O–H groups in total. The molecular weight excluding hydrogens is 366 g/mol. The van der Waals surface area contributed by atoms with E-state index >= 15 is 0 Å². The number of hydrogen-bond acceptors (Lipinski definition) is 7. The monoisotopic (exact) mass is 381 g/mol. The maximum absolute atomic E-state index is 12.3. The van der Waals surface area contributed by atoms with E-state index in [2.05, 4.69) is 25.7 Å². The lowest BCUT2D eigenvalue weighted by atomic mass is 10.1. The Morgan fingerprint density at radius 3 is 2.96 bits per heavy atom. The Bertz CT molecular complexity index is 1050. The van der Waals surface area contributed by atoms with Crippen LogP contribution in [0.5, 0.6) is 5.75 Å². The summed E-state index contributed by atoms with van der Waals surface area (Å²) in [5, 5.41) is 25.2. The van der Waals surface area contributed by atoms with E-state index in [0.717, 1.165) is 4.88 Å². The van der Waals surface area contributed by atoms with E-state index in [9.17, 15) is 9.90 Å². The number of amides is 1. The van der Waals surface area contributed by atoms with Crippen molar-refractivity contribution in [1.29, 1.82) is 0 Å². The molecule has 0 saturated heterocycles. The van der Waals surface area contributed by atoms with Crippen LogP contribution in [-0.4, -0.2) is 31.4 Å². The van der Waals surface area contributed by atoms with E-state index in [-0.39, 0.29) is 23.9 Å². The first-order valence-electron chi connectivity index (χ1n) is 8.15. The van der Waals surface area contributed by atoms with Gasteiger partial charge in [0.2, 0.25) is 5.89 Å². The smallest absolute Gasteiger partial charge is 0.269 e. The molecule has 0 unspecified atom stereocenters. The molecule has 4 aromatic rings. The number of phenolic OH excluding ortho intramolecular Hbond substituents is 1. The van der Waals surface area contributed by atoms with Crippen molar-refractivity contribution >= 4 is 17.2 Å². The number of aromatic nitrogens is 4. The maximum Gasteiger partial charge on any atom is 0.269 e. The van der Waals surface area contributed by atoms with Gasteiger partial charge >= 0.3 is 0 Å². The summed E-state index contributed by atoms with van der Waals surface area (Å²) in [4.78, 5) is 17.7. The fraction of sp³-hybridized carbons (Fsp3) is 0.111. The Labute approximate surface area is 157 Å². The van der Waals surface area contributed by atoms with Crippen LogP contribution in [0.1, 0.15) is 27.1 Å². The number of nitrogens with one attached hydrogen (secondary N) is 2. The van der Waals surface area contributed by atoms with Crippen molar-refractivity contribution in [3.05, 3.63) is 70.1 Å². The zero-order chi connectivity index (χ0) is 18.6. The molecule has 0 bridgehead atoms. The second-order valence-corrected chi connectivity index (χ2v) is 6.76. The van der Waals surface area contributed by atoms with Gasteiger partial charge in [-0.2, -0.15) is 10.1 Å². The van der Waals surface area contributed by atoms with Gasteiger partial charge in [-0.1, -0.05) is 23.4 Å². The molecule has 0 fully saturated rings. The van der Waals surface area contributed by atoms with E-state index in [1.807, 2.05) is 17.5 Å². The number of aromatic amines is 1. The average molecular weight is 381 g/mol. The van der Waals surface area contributed by atoms with Crippen molar-refractivity contribution in [3.63, 3.8) is 0 Å². The van der Waals surface area contributed by atoms with E-state index in [4.69, 9.17) is 4.52 Å². The van der Waals surface area contributed by atoms with Gasteiger partial charge in [-0.05, 0) is 29.6 Å². The zero-order valence-electron chi connectivity index (χ0n) is 14.0. The number of carbonyl (C=O) groups is 1. The molecule has 1 amide bonds. The number of H-pyrrole nitrogens is 1. The summed E-state index contributed by atoms with van der Waals surface area (Å²) in [5.74, 6) is 0.648. The van der Waals surface area contributed by atoms with Crippen LogP contribution >= 0.6 is 11.3 Å². The Hall–Kier alpha value is -3.46. The van der Waals surface area contributed by atoms with Crippen LogP contribution in [0.2, 0.25) is 0 Å². The summed E-state index contributed by atoms with van der Waals surface area (Å²) in [7, 11) is 0. The molecular formula is C18H15N5O3S. The molecule has 136 valence electrons. The van der Waals surface area contributed by atoms with Crippen LogP contribution < -0.4 is 5.32 Å². The number of phenols is 1. The number of aromatic hydroxyl groups is 1. The lowest BCUT2D eigenvalue weighted by molar-refractivity contribution is 0.0944. The summed E-state index contributed by atoms with van der Waals surface area (Å²) in [6, 6.07) is 12.3. The first-order chi connectivity index (χ1) is 13.2. The fourth-order valence-electron chi connectivity index (χ4n) is 2.52. The molecule has 4 rings (SSSR count). The second kappa shape index (κ2) is 7.42. The standard InChI is InChI=1S/C18H15N5O3S/c24-15-6-2-1-5-12(15)13-9-14(22-21-13)18(25)19-10-16-20-17(26-23-16)8-11-4-3-7-27-11/h1-7,9,24H,8,10H2,(H,19,25)(H,21,22). The first-order valence-corrected chi connectivity index (χ1v) is 9.03. The van der Waals surface area contributed by atoms with E-state index in [0.29, 0.717) is 29.4 Å². The second-order valence-electron chi connectivity index (χ2n) is 5.73. The summed E-state index contributed by atoms with van der Waals surface area (Å²) < 4.78 is 5.20. The van der Waals surface area contributed by atoms with Gasteiger partial charge in [0.25, 0.3) is 5.91 Å². The molecule has 0 radical (unpaired) electrons. The lowest BCUT2D eigenvalue weighted by Gasteiger charge is -1.99. The third-order valence-corrected chi connectivity index (χ3v) is 4.70. The van der Waals surface area contributed by atoms with E-state index in [1.54, 1.807) is 41.7 Å². The average Bonchev–Trinajstić information content (AvgIpc) is 3.43. The molecule has 0 aliphatic heterocycles. The lowest BCUT2D eigenvalue weighted by Crippen LogP contribution is -2.23. The fourth-order valence-corrected chi connectivity index (χ4v) is 3.21. The summed E-state index contributed by atoms with van der Waals surface area (Å²) in [5.41, 5.74) is 1.30. The number of rotatable bonds is 6. The molecule has 3 aromatic heterocycles. The van der Waals surface area contributed by atoms with E-state index in [1.165, 1.54) is 0 Å². The SMILES string of the molecule is O=C(NCc1noc(Cc2cccs2)n1)c1cc(-c2ccccc2O)n[nH]1. The molecule has 9 heteroatoms. The Morgan fingerprint density at radius 1 is 1.26 bits per heavy atom. The number of thiophene rings is 1. The van der Waals surface area contributed by atoms with Crippen molar-refractivity contribution in [2.24, 2.45) is 0 Å². The predicted octanol–water partition coefficient (Wildman–Crippen LogP) is 2.75. The van der Waals surface area contributed by atoms with Crippen LogP contribution in [0.3, 0.4) is 0 Å². The highest BCUT2D eigenvalue weighted by atomic mass is 32.1. The van der Waals surface area contributed by atoms with Crippen molar-refractivity contribution in [1.82, 2.24) is 25.7 Å². The zero-order valence-corrected chi connectivity index (χ0v) is 14.9. The topological polar surface area (TPSA) is 117 Å². The molecule has 8 nitrogen and oxygen atoms in total. The normalized spacial score (nSPS) is 10.8. The molecule has 0 atom stereocenters. The summed E-state index contributed by atoms with van der Waals surface area (Å²) in [6.07, 6.45) is 0.573. The Kier molecular flexibility index (Phi) is 4.67. The molecule has 0 spiro atoms. The molecule has 27 heavy (non-hydrogen) atoms. The van der Waals surface area contributed by atoms with Crippen molar-refractivity contribution in [3.8, 4) is 17.0 Å². The summed E-state index contributed by atoms with van der Waals surface area (Å²) in [6.45, 7) is 0.137. The number of hydrogen-bond donors (Lipinski definition) is 3. The third-order valence-electron chi connectivity index (χ3n) is 3.83. The third kappa shape index (κ3) is 3.87.